The van der Waals surface area contributed by atoms with Gasteiger partial charge in [0.2, 0.25) is 17.4 Å². The number of imide groups is 2. The number of piperidine rings is 1. The number of rotatable bonds is 10. The zero-order valence-electron chi connectivity index (χ0n) is 33.0. The summed E-state index contributed by atoms with van der Waals surface area (Å²) in [6, 6.07) is 12.3. The van der Waals surface area contributed by atoms with E-state index in [0.29, 0.717) is 31.0 Å². The Morgan fingerprint density at radius 1 is 0.852 bits per heavy atom. The molecule has 2 fully saturated rings. The summed E-state index contributed by atoms with van der Waals surface area (Å²) in [4.78, 5) is 96.0. The Morgan fingerprint density at radius 3 is 2.28 bits per heavy atom. The predicted molar refractivity (Wildman–Crippen MR) is 215 cm³/mol. The molecule has 0 bridgehead atoms. The first-order valence-electron chi connectivity index (χ1n) is 19.3. The number of likely N-dealkylation sites (N-methyl/N-ethyl adjacent to an activating group) is 1. The lowest BCUT2D eigenvalue weighted by Gasteiger charge is -2.44. The van der Waals surface area contributed by atoms with Crippen LogP contribution in [0, 0.1) is 5.82 Å². The van der Waals surface area contributed by atoms with Gasteiger partial charge >= 0.3 is 6.18 Å². The van der Waals surface area contributed by atoms with Crippen molar-refractivity contribution in [1.29, 1.82) is 0 Å². The van der Waals surface area contributed by atoms with Crippen LogP contribution in [0.3, 0.4) is 0 Å². The van der Waals surface area contributed by atoms with Gasteiger partial charge in [-0.1, -0.05) is 18.2 Å². The summed E-state index contributed by atoms with van der Waals surface area (Å²) < 4.78 is 57.5. The van der Waals surface area contributed by atoms with Crippen LogP contribution in [0.4, 0.5) is 34.6 Å². The van der Waals surface area contributed by atoms with Gasteiger partial charge in [-0.25, -0.2) is 4.39 Å². The number of piperazine rings is 1. The van der Waals surface area contributed by atoms with Crippen molar-refractivity contribution in [2.24, 2.45) is 0 Å². The number of nitrogens with zero attached hydrogens (tertiary/aromatic N) is 3. The van der Waals surface area contributed by atoms with Gasteiger partial charge in [0.1, 0.15) is 11.9 Å². The molecule has 7 rings (SSSR count). The standard InChI is InChI=1S/C42H40F4N8O7/c1-21-19-53(20-22(2)52(21)3)32-10-8-23(16-31(32)50-38(58)27-18-49-35(56)17-28(27)42(44,45)46)25-9-7-24(15-29(25)43)37(57)48-14-13-47-30-6-4-5-26-36(30)41(61)54(40(26)60)33-11-12-34(55)51-39(33)59/h4-10,15-18,21-22,33,47H,11-14,19-20H2,1-3H3,(H,48,57)(H,49,56)(H,50,58)(H,51,55,59)/t21-,22+,33?. The minimum atomic E-state index is -5.00. The number of hydrogen-bond donors (Lipinski definition) is 5. The van der Waals surface area contributed by atoms with Crippen LogP contribution in [0.2, 0.25) is 0 Å². The minimum Gasteiger partial charge on any atom is -0.383 e. The van der Waals surface area contributed by atoms with E-state index in [-0.39, 0.29) is 77.2 Å². The molecule has 3 aromatic carbocycles. The molecule has 318 valence electrons. The third-order valence-electron chi connectivity index (χ3n) is 11.2. The quantitative estimate of drug-likeness (QED) is 0.0878. The first-order valence-corrected chi connectivity index (χ1v) is 19.3. The SMILES string of the molecule is C[C@@H]1CN(c2ccc(-c3ccc(C(=O)NCCNc4cccc5c4C(=O)N(C4CCC(=O)NC4=O)C5=O)cc3F)cc2NC(=O)c2c[nH]c(=O)cc2C(F)(F)F)C[C@H](C)N1C. The lowest BCUT2D eigenvalue weighted by molar-refractivity contribution is -0.138. The molecular formula is C42H40F4N8O7. The van der Waals surface area contributed by atoms with E-state index < -0.39 is 70.2 Å². The second-order valence-corrected chi connectivity index (χ2v) is 15.1. The Hall–Kier alpha value is -6.89. The largest absolute Gasteiger partial charge is 0.417 e. The fourth-order valence-electron chi connectivity index (χ4n) is 7.79. The zero-order chi connectivity index (χ0) is 43.9. The van der Waals surface area contributed by atoms with Crippen LogP contribution >= 0.6 is 0 Å². The molecule has 5 N–H and O–H groups in total. The van der Waals surface area contributed by atoms with Crippen molar-refractivity contribution in [2.75, 3.05) is 48.8 Å². The lowest BCUT2D eigenvalue weighted by Crippen LogP contribution is -2.55. The Bertz CT molecular complexity index is 2530. The summed E-state index contributed by atoms with van der Waals surface area (Å²) in [5.74, 6) is -5.18. The molecule has 0 radical (unpaired) electrons. The van der Waals surface area contributed by atoms with Crippen molar-refractivity contribution in [3.63, 3.8) is 0 Å². The van der Waals surface area contributed by atoms with Crippen LogP contribution in [-0.2, 0) is 15.8 Å². The topological polar surface area (TPSA) is 193 Å². The van der Waals surface area contributed by atoms with Crippen LogP contribution in [0.5, 0.6) is 0 Å². The van der Waals surface area contributed by atoms with Crippen LogP contribution in [-0.4, -0.2) is 102 Å². The van der Waals surface area contributed by atoms with Gasteiger partial charge < -0.3 is 25.8 Å². The van der Waals surface area contributed by atoms with E-state index in [0.717, 1.165) is 11.0 Å². The Labute approximate surface area is 345 Å². The van der Waals surface area contributed by atoms with Crippen molar-refractivity contribution >= 4 is 52.5 Å². The van der Waals surface area contributed by atoms with Gasteiger partial charge in [0, 0.05) is 73.8 Å². The molecule has 0 aliphatic carbocycles. The fraction of sp³-hybridized carbons (Fsp3) is 0.310. The third-order valence-corrected chi connectivity index (χ3v) is 11.2. The molecule has 1 unspecified atom stereocenters. The first kappa shape index (κ1) is 42.2. The highest BCUT2D eigenvalue weighted by Crippen LogP contribution is 2.37. The number of benzene rings is 3. The number of aromatic nitrogens is 1. The highest BCUT2D eigenvalue weighted by molar-refractivity contribution is 6.25. The molecule has 3 atom stereocenters. The number of pyridine rings is 1. The van der Waals surface area contributed by atoms with E-state index in [1.54, 1.807) is 24.3 Å². The number of alkyl halides is 3. The monoisotopic (exact) mass is 844 g/mol. The second-order valence-electron chi connectivity index (χ2n) is 15.1. The van der Waals surface area contributed by atoms with Crippen molar-refractivity contribution in [3.05, 3.63) is 111 Å². The number of fused-ring (bicyclic) bond motifs is 1. The number of amides is 6. The molecule has 3 aliphatic rings. The van der Waals surface area contributed by atoms with Crippen molar-refractivity contribution in [1.82, 2.24) is 25.4 Å². The van der Waals surface area contributed by atoms with Gasteiger partial charge in [0.15, 0.2) is 0 Å². The van der Waals surface area contributed by atoms with E-state index in [9.17, 15) is 46.7 Å². The van der Waals surface area contributed by atoms with Gasteiger partial charge in [-0.2, -0.15) is 13.2 Å². The maximum Gasteiger partial charge on any atom is 0.417 e. The predicted octanol–water partition coefficient (Wildman–Crippen LogP) is 4.22. The molecule has 6 amide bonds. The van der Waals surface area contributed by atoms with E-state index in [1.807, 2.05) is 25.8 Å². The molecule has 1 aromatic heterocycles. The molecule has 4 aromatic rings. The summed E-state index contributed by atoms with van der Waals surface area (Å²) in [7, 11) is 1.97. The lowest BCUT2D eigenvalue weighted by atomic mass is 10.00. The molecule has 3 aliphatic heterocycles. The van der Waals surface area contributed by atoms with Gasteiger partial charge in [0.05, 0.1) is 33.6 Å². The van der Waals surface area contributed by atoms with E-state index in [1.165, 1.54) is 24.3 Å². The van der Waals surface area contributed by atoms with Crippen molar-refractivity contribution in [3.8, 4) is 11.1 Å². The van der Waals surface area contributed by atoms with Crippen molar-refractivity contribution < 1.29 is 46.3 Å². The fourth-order valence-corrected chi connectivity index (χ4v) is 7.79. The number of halogens is 4. The third kappa shape index (κ3) is 8.45. The number of carbonyl (C=O) groups excluding carboxylic acids is 6. The number of carbonyl (C=O) groups is 6. The smallest absolute Gasteiger partial charge is 0.383 e. The molecular weight excluding hydrogens is 805 g/mol. The average molecular weight is 845 g/mol. The minimum absolute atomic E-state index is 0.00228. The van der Waals surface area contributed by atoms with Gasteiger partial charge in [-0.3, -0.25) is 48.7 Å². The highest BCUT2D eigenvalue weighted by Gasteiger charge is 2.45. The van der Waals surface area contributed by atoms with Gasteiger partial charge in [-0.05, 0) is 69.3 Å². The van der Waals surface area contributed by atoms with Crippen LogP contribution < -0.4 is 31.7 Å². The molecule has 0 saturated carbocycles. The number of H-pyrrole nitrogens is 1. The first-order chi connectivity index (χ1) is 28.9. The average Bonchev–Trinajstić information content (AvgIpc) is 3.46. The molecule has 4 heterocycles. The Balaban J connectivity index is 1.06. The Kier molecular flexibility index (Phi) is 11.5. The summed E-state index contributed by atoms with van der Waals surface area (Å²) in [6.45, 7) is 5.13. The second kappa shape index (κ2) is 16.6. The zero-order valence-corrected chi connectivity index (χ0v) is 33.0. The summed E-state index contributed by atoms with van der Waals surface area (Å²) in [5.41, 5.74) is -2.03. The highest BCUT2D eigenvalue weighted by atomic mass is 19.4. The maximum absolute atomic E-state index is 15.8. The summed E-state index contributed by atoms with van der Waals surface area (Å²) >= 11 is 0. The molecule has 0 spiro atoms. The van der Waals surface area contributed by atoms with Crippen LogP contribution in [0.1, 0.15) is 73.7 Å². The van der Waals surface area contributed by atoms with E-state index in [4.69, 9.17) is 0 Å². The summed E-state index contributed by atoms with van der Waals surface area (Å²) in [5, 5.41) is 10.4. The Morgan fingerprint density at radius 2 is 1.59 bits per heavy atom. The van der Waals surface area contributed by atoms with E-state index >= 15 is 4.39 Å². The van der Waals surface area contributed by atoms with Gasteiger partial charge in [0.25, 0.3) is 23.6 Å². The van der Waals surface area contributed by atoms with Crippen LogP contribution in [0.25, 0.3) is 11.1 Å². The number of hydrogen-bond acceptors (Lipinski definition) is 10. The van der Waals surface area contributed by atoms with E-state index in [2.05, 4.69) is 31.2 Å². The molecule has 19 heteroatoms. The molecule has 15 nitrogen and oxygen atoms in total. The molecule has 2 saturated heterocycles. The normalized spacial score (nSPS) is 19.4. The summed E-state index contributed by atoms with van der Waals surface area (Å²) in [6.07, 6.45) is -4.33. The van der Waals surface area contributed by atoms with Gasteiger partial charge in [-0.15, -0.1) is 0 Å². The maximum atomic E-state index is 15.8. The number of nitrogens with one attached hydrogen (secondary N) is 5. The number of aromatic amines is 1. The van der Waals surface area contributed by atoms with Crippen molar-refractivity contribution in [2.45, 2.75) is 51.0 Å². The number of anilines is 3. The molecule has 61 heavy (non-hydrogen) atoms. The van der Waals surface area contributed by atoms with Crippen LogP contribution in [0.15, 0.2) is 71.7 Å².